The molecule has 0 spiro atoms. The fourth-order valence-corrected chi connectivity index (χ4v) is 0.859. The Morgan fingerprint density at radius 2 is 1.80 bits per heavy atom. The topological polar surface area (TPSA) is 61.6 Å². The van der Waals surface area contributed by atoms with Crippen molar-refractivity contribution in [2.24, 2.45) is 11.7 Å². The molecule has 0 radical (unpaired) electrons. The summed E-state index contributed by atoms with van der Waals surface area (Å²) in [6, 6.07) is -0.542. The maximum Gasteiger partial charge on any atom is 0.323 e. The molecule has 0 aromatic carbocycles. The molecule has 0 rings (SSSR count). The summed E-state index contributed by atoms with van der Waals surface area (Å²) in [5.74, 6) is -0.261. The Balaban J connectivity index is 3.65. The lowest BCUT2D eigenvalue weighted by Crippen LogP contribution is -2.37. The lowest BCUT2D eigenvalue weighted by molar-refractivity contribution is -0.149. The maximum absolute atomic E-state index is 11.3. The molecule has 4 heteroatoms. The van der Waals surface area contributed by atoms with Crippen molar-refractivity contribution in [3.63, 3.8) is 0 Å². The van der Waals surface area contributed by atoms with Crippen molar-refractivity contribution in [3.8, 4) is 0 Å². The number of rotatable bonds is 5. The smallest absolute Gasteiger partial charge is 0.323 e. The summed E-state index contributed by atoms with van der Waals surface area (Å²) in [4.78, 5) is 11.3. The number of esters is 1. The van der Waals surface area contributed by atoms with E-state index in [0.717, 1.165) is 0 Å². The van der Waals surface area contributed by atoms with E-state index in [4.69, 9.17) is 15.2 Å². The molecule has 0 aromatic heterocycles. The van der Waals surface area contributed by atoms with E-state index in [1.807, 2.05) is 34.6 Å². The van der Waals surface area contributed by atoms with Crippen LogP contribution in [-0.2, 0) is 14.3 Å². The van der Waals surface area contributed by atoms with Crippen molar-refractivity contribution in [2.45, 2.75) is 46.3 Å². The zero-order chi connectivity index (χ0) is 12.1. The first-order valence-electron chi connectivity index (χ1n) is 5.30. The highest BCUT2D eigenvalue weighted by atomic mass is 16.6. The molecule has 0 bridgehead atoms. The monoisotopic (exact) mass is 217 g/mol. The van der Waals surface area contributed by atoms with Gasteiger partial charge in [-0.25, -0.2) is 0 Å². The number of ether oxygens (including phenoxy) is 2. The highest BCUT2D eigenvalue weighted by Gasteiger charge is 2.18. The van der Waals surface area contributed by atoms with E-state index in [2.05, 4.69) is 0 Å². The first-order valence-corrected chi connectivity index (χ1v) is 5.30. The third kappa shape index (κ3) is 7.33. The van der Waals surface area contributed by atoms with Gasteiger partial charge in [0.25, 0.3) is 0 Å². The molecule has 2 N–H and O–H groups in total. The highest BCUT2D eigenvalue weighted by molar-refractivity contribution is 5.75. The van der Waals surface area contributed by atoms with E-state index in [-0.39, 0.29) is 24.1 Å². The summed E-state index contributed by atoms with van der Waals surface area (Å²) in [5, 5.41) is 0. The molecule has 90 valence electrons. The second-order valence-electron chi connectivity index (χ2n) is 4.90. The first-order chi connectivity index (χ1) is 6.74. The van der Waals surface area contributed by atoms with Gasteiger partial charge in [-0.1, -0.05) is 13.8 Å². The van der Waals surface area contributed by atoms with Crippen molar-refractivity contribution in [3.05, 3.63) is 0 Å². The van der Waals surface area contributed by atoms with Crippen LogP contribution in [0.4, 0.5) is 0 Å². The van der Waals surface area contributed by atoms with Crippen molar-refractivity contribution in [1.82, 2.24) is 0 Å². The Bertz CT molecular complexity index is 196. The summed E-state index contributed by atoms with van der Waals surface area (Å²) in [7, 11) is 0. The molecule has 1 atom stereocenters. The SMILES string of the molecule is CC(C)C(N)C(=O)OCCOC(C)(C)C. The van der Waals surface area contributed by atoms with Crippen LogP contribution in [0, 0.1) is 5.92 Å². The van der Waals surface area contributed by atoms with E-state index in [1.165, 1.54) is 0 Å². The van der Waals surface area contributed by atoms with Crippen LogP contribution in [0.3, 0.4) is 0 Å². The molecular weight excluding hydrogens is 194 g/mol. The summed E-state index contributed by atoms with van der Waals surface area (Å²) in [6.07, 6.45) is 0. The molecule has 0 aliphatic heterocycles. The van der Waals surface area contributed by atoms with Crippen molar-refractivity contribution < 1.29 is 14.3 Å². The molecule has 0 aromatic rings. The third-order valence-electron chi connectivity index (χ3n) is 1.85. The summed E-state index contributed by atoms with van der Waals surface area (Å²) < 4.78 is 10.4. The zero-order valence-electron chi connectivity index (χ0n) is 10.4. The fourth-order valence-electron chi connectivity index (χ4n) is 0.859. The molecule has 4 nitrogen and oxygen atoms in total. The van der Waals surface area contributed by atoms with Gasteiger partial charge in [-0.05, 0) is 26.7 Å². The number of nitrogens with two attached hydrogens (primary N) is 1. The first kappa shape index (κ1) is 14.4. The van der Waals surface area contributed by atoms with Crippen LogP contribution < -0.4 is 5.73 Å². The maximum atomic E-state index is 11.3. The number of hydrogen-bond acceptors (Lipinski definition) is 4. The van der Waals surface area contributed by atoms with Gasteiger partial charge in [-0.2, -0.15) is 0 Å². The average molecular weight is 217 g/mol. The van der Waals surface area contributed by atoms with Crippen molar-refractivity contribution >= 4 is 5.97 Å². The Morgan fingerprint density at radius 1 is 1.27 bits per heavy atom. The van der Waals surface area contributed by atoms with Gasteiger partial charge in [0.05, 0.1) is 12.2 Å². The highest BCUT2D eigenvalue weighted by Crippen LogP contribution is 2.06. The second kappa shape index (κ2) is 6.08. The third-order valence-corrected chi connectivity index (χ3v) is 1.85. The second-order valence-corrected chi connectivity index (χ2v) is 4.90. The number of carbonyl (C=O) groups is 1. The molecule has 0 amide bonds. The fraction of sp³-hybridized carbons (Fsp3) is 0.909. The van der Waals surface area contributed by atoms with Crippen LogP contribution in [0.1, 0.15) is 34.6 Å². The van der Waals surface area contributed by atoms with E-state index in [1.54, 1.807) is 0 Å². The predicted octanol–water partition coefficient (Wildman–Crippen LogP) is 1.33. The minimum Gasteiger partial charge on any atom is -0.462 e. The zero-order valence-corrected chi connectivity index (χ0v) is 10.4. The van der Waals surface area contributed by atoms with Gasteiger partial charge in [0, 0.05) is 0 Å². The normalized spacial score (nSPS) is 14.1. The largest absolute Gasteiger partial charge is 0.462 e. The van der Waals surface area contributed by atoms with E-state index >= 15 is 0 Å². The van der Waals surface area contributed by atoms with E-state index < -0.39 is 6.04 Å². The van der Waals surface area contributed by atoms with Gasteiger partial charge >= 0.3 is 5.97 Å². The Morgan fingerprint density at radius 3 is 2.20 bits per heavy atom. The van der Waals surface area contributed by atoms with Gasteiger partial charge in [-0.15, -0.1) is 0 Å². The Kier molecular flexibility index (Phi) is 5.83. The Hall–Kier alpha value is -0.610. The van der Waals surface area contributed by atoms with Crippen molar-refractivity contribution in [2.75, 3.05) is 13.2 Å². The molecular formula is C11H23NO3. The Labute approximate surface area is 92.1 Å². The summed E-state index contributed by atoms with van der Waals surface area (Å²) >= 11 is 0. The van der Waals surface area contributed by atoms with Gasteiger partial charge in [0.2, 0.25) is 0 Å². The average Bonchev–Trinajstić information content (AvgIpc) is 2.09. The minimum atomic E-state index is -0.542. The standard InChI is InChI=1S/C11H23NO3/c1-8(2)9(12)10(13)14-6-7-15-11(3,4)5/h8-9H,6-7,12H2,1-5H3. The predicted molar refractivity (Wildman–Crippen MR) is 59.5 cm³/mol. The minimum absolute atomic E-state index is 0.0982. The number of hydrogen-bond donors (Lipinski definition) is 1. The van der Waals surface area contributed by atoms with Gasteiger partial charge in [0.1, 0.15) is 12.6 Å². The molecule has 0 fully saturated rings. The van der Waals surface area contributed by atoms with Crippen molar-refractivity contribution in [1.29, 1.82) is 0 Å². The molecule has 0 saturated heterocycles. The van der Waals surface area contributed by atoms with Crippen LogP contribution in [0.15, 0.2) is 0 Å². The van der Waals surface area contributed by atoms with Crippen LogP contribution in [0.2, 0.25) is 0 Å². The quantitative estimate of drug-likeness (QED) is 0.557. The lowest BCUT2D eigenvalue weighted by atomic mass is 10.1. The molecule has 1 unspecified atom stereocenters. The molecule has 0 heterocycles. The van der Waals surface area contributed by atoms with Gasteiger partial charge in [0.15, 0.2) is 0 Å². The lowest BCUT2D eigenvalue weighted by Gasteiger charge is -2.20. The van der Waals surface area contributed by atoms with Crippen LogP contribution in [0.25, 0.3) is 0 Å². The van der Waals surface area contributed by atoms with Gasteiger partial charge < -0.3 is 15.2 Å². The summed E-state index contributed by atoms with van der Waals surface area (Å²) in [5.41, 5.74) is 5.41. The van der Waals surface area contributed by atoms with Crippen LogP contribution in [-0.4, -0.2) is 30.8 Å². The van der Waals surface area contributed by atoms with E-state index in [0.29, 0.717) is 6.61 Å². The van der Waals surface area contributed by atoms with Crippen LogP contribution >= 0.6 is 0 Å². The molecule has 0 saturated carbocycles. The molecule has 15 heavy (non-hydrogen) atoms. The molecule has 0 aliphatic rings. The van der Waals surface area contributed by atoms with Gasteiger partial charge in [-0.3, -0.25) is 4.79 Å². The number of carbonyl (C=O) groups excluding carboxylic acids is 1. The van der Waals surface area contributed by atoms with Crippen LogP contribution in [0.5, 0.6) is 0 Å². The summed E-state index contributed by atoms with van der Waals surface area (Å²) in [6.45, 7) is 10.3. The molecule has 0 aliphatic carbocycles. The van der Waals surface area contributed by atoms with E-state index in [9.17, 15) is 4.79 Å².